The summed E-state index contributed by atoms with van der Waals surface area (Å²) in [5, 5.41) is 9.24. The van der Waals surface area contributed by atoms with Crippen molar-refractivity contribution >= 4 is 11.9 Å². The Hall–Kier alpha value is -1.84. The molecule has 0 spiro atoms. The number of hydrogen-bond acceptors (Lipinski definition) is 2. The maximum absolute atomic E-state index is 12.5. The van der Waals surface area contributed by atoms with Crippen LogP contribution in [-0.2, 0) is 15.0 Å². The van der Waals surface area contributed by atoms with Crippen LogP contribution >= 0.6 is 0 Å². The van der Waals surface area contributed by atoms with Gasteiger partial charge in [0.1, 0.15) is 0 Å². The van der Waals surface area contributed by atoms with E-state index in [1.165, 1.54) is 0 Å². The Morgan fingerprint density at radius 2 is 1.90 bits per heavy atom. The molecular formula is C17H23NO3. The van der Waals surface area contributed by atoms with Gasteiger partial charge in [-0.2, -0.15) is 0 Å². The van der Waals surface area contributed by atoms with Gasteiger partial charge in [0.05, 0.1) is 5.41 Å². The number of carbonyl (C=O) groups is 2. The van der Waals surface area contributed by atoms with Crippen molar-refractivity contribution in [2.45, 2.75) is 39.0 Å². The quantitative estimate of drug-likeness (QED) is 0.927. The maximum atomic E-state index is 12.5. The monoisotopic (exact) mass is 289 g/mol. The summed E-state index contributed by atoms with van der Waals surface area (Å²) in [7, 11) is 0. The molecule has 1 N–H and O–H groups in total. The Kier molecular flexibility index (Phi) is 4.08. The van der Waals surface area contributed by atoms with Crippen molar-refractivity contribution in [2.75, 3.05) is 13.1 Å². The van der Waals surface area contributed by atoms with Crippen molar-refractivity contribution in [1.82, 2.24) is 4.90 Å². The number of hydrogen-bond donors (Lipinski definition) is 1. The highest BCUT2D eigenvalue weighted by molar-refractivity contribution is 5.81. The average Bonchev–Trinajstić information content (AvgIpc) is 2.84. The Morgan fingerprint density at radius 3 is 2.43 bits per heavy atom. The van der Waals surface area contributed by atoms with Crippen molar-refractivity contribution < 1.29 is 14.7 Å². The van der Waals surface area contributed by atoms with E-state index >= 15 is 0 Å². The highest BCUT2D eigenvalue weighted by Gasteiger charge is 2.42. The number of aliphatic carboxylic acids is 1. The van der Waals surface area contributed by atoms with Gasteiger partial charge < -0.3 is 10.0 Å². The molecule has 114 valence electrons. The minimum Gasteiger partial charge on any atom is -0.481 e. The summed E-state index contributed by atoms with van der Waals surface area (Å²) >= 11 is 0. The molecule has 0 bridgehead atoms. The van der Waals surface area contributed by atoms with Crippen LogP contribution in [0, 0.1) is 5.41 Å². The van der Waals surface area contributed by atoms with E-state index in [0.29, 0.717) is 25.9 Å². The molecular weight excluding hydrogens is 266 g/mol. The second-order valence-electron chi connectivity index (χ2n) is 6.86. The lowest BCUT2D eigenvalue weighted by Gasteiger charge is -2.28. The zero-order valence-electron chi connectivity index (χ0n) is 12.9. The predicted molar refractivity (Wildman–Crippen MR) is 81.0 cm³/mol. The number of benzene rings is 1. The molecule has 1 atom stereocenters. The van der Waals surface area contributed by atoms with E-state index in [0.717, 1.165) is 5.56 Å². The largest absolute Gasteiger partial charge is 0.481 e. The summed E-state index contributed by atoms with van der Waals surface area (Å²) in [6.07, 6.45) is 0.923. The van der Waals surface area contributed by atoms with E-state index in [4.69, 9.17) is 0 Å². The number of carboxylic acid groups (broad SMARTS) is 1. The Labute approximate surface area is 125 Å². The SMILES string of the molecule is CC1(C(=O)O)CCN(C(=O)CC(C)(C)c2ccccc2)C1. The topological polar surface area (TPSA) is 57.6 Å². The van der Waals surface area contributed by atoms with Crippen molar-refractivity contribution in [3.8, 4) is 0 Å². The zero-order valence-corrected chi connectivity index (χ0v) is 12.9. The van der Waals surface area contributed by atoms with Crippen LogP contribution in [0.1, 0.15) is 39.2 Å². The number of likely N-dealkylation sites (tertiary alicyclic amines) is 1. The third-order valence-electron chi connectivity index (χ3n) is 4.49. The normalized spacial score (nSPS) is 22.3. The van der Waals surface area contributed by atoms with E-state index in [1.807, 2.05) is 44.2 Å². The van der Waals surface area contributed by atoms with Gasteiger partial charge in [-0.3, -0.25) is 9.59 Å². The first-order valence-electron chi connectivity index (χ1n) is 7.31. The van der Waals surface area contributed by atoms with Crippen LogP contribution in [0.3, 0.4) is 0 Å². The molecule has 1 heterocycles. The number of rotatable bonds is 4. The summed E-state index contributed by atoms with van der Waals surface area (Å²) in [4.78, 5) is 25.4. The van der Waals surface area contributed by atoms with Gasteiger partial charge in [-0.15, -0.1) is 0 Å². The van der Waals surface area contributed by atoms with Crippen molar-refractivity contribution in [3.63, 3.8) is 0 Å². The summed E-state index contributed by atoms with van der Waals surface area (Å²) in [6.45, 7) is 6.66. The molecule has 1 unspecified atom stereocenters. The van der Waals surface area contributed by atoms with Gasteiger partial charge in [0.25, 0.3) is 0 Å². The Bertz CT molecular complexity index is 538. The van der Waals surface area contributed by atoms with Crippen LogP contribution in [-0.4, -0.2) is 35.0 Å². The molecule has 1 aromatic rings. The maximum Gasteiger partial charge on any atom is 0.311 e. The second-order valence-corrected chi connectivity index (χ2v) is 6.86. The first-order chi connectivity index (χ1) is 9.74. The minimum atomic E-state index is -0.819. The standard InChI is InChI=1S/C17H23NO3/c1-16(2,13-7-5-4-6-8-13)11-14(19)18-10-9-17(3,12-18)15(20)21/h4-8H,9-12H2,1-3H3,(H,20,21). The van der Waals surface area contributed by atoms with Crippen LogP contribution in [0.5, 0.6) is 0 Å². The lowest BCUT2D eigenvalue weighted by atomic mass is 9.81. The molecule has 4 nitrogen and oxygen atoms in total. The van der Waals surface area contributed by atoms with Gasteiger partial charge in [0.15, 0.2) is 0 Å². The number of carbonyl (C=O) groups excluding carboxylic acids is 1. The van der Waals surface area contributed by atoms with Gasteiger partial charge in [-0.25, -0.2) is 0 Å². The third kappa shape index (κ3) is 3.26. The van der Waals surface area contributed by atoms with E-state index in [9.17, 15) is 14.7 Å². The Balaban J connectivity index is 2.04. The van der Waals surface area contributed by atoms with Gasteiger partial charge >= 0.3 is 5.97 Å². The highest BCUT2D eigenvalue weighted by atomic mass is 16.4. The van der Waals surface area contributed by atoms with Gasteiger partial charge in [-0.05, 0) is 24.3 Å². The average molecular weight is 289 g/mol. The molecule has 1 aliphatic rings. The van der Waals surface area contributed by atoms with Crippen LogP contribution in [0.2, 0.25) is 0 Å². The molecule has 1 aromatic carbocycles. The number of amides is 1. The summed E-state index contributed by atoms with van der Waals surface area (Å²) in [5.74, 6) is -0.783. The summed E-state index contributed by atoms with van der Waals surface area (Å²) in [6, 6.07) is 9.95. The fraction of sp³-hybridized carbons (Fsp3) is 0.529. The molecule has 1 amide bonds. The van der Waals surface area contributed by atoms with Crippen molar-refractivity contribution in [2.24, 2.45) is 5.41 Å². The van der Waals surface area contributed by atoms with Gasteiger partial charge in [-0.1, -0.05) is 44.2 Å². The fourth-order valence-corrected chi connectivity index (χ4v) is 2.83. The third-order valence-corrected chi connectivity index (χ3v) is 4.49. The highest BCUT2D eigenvalue weighted by Crippen LogP contribution is 2.33. The lowest BCUT2D eigenvalue weighted by Crippen LogP contribution is -2.37. The Morgan fingerprint density at radius 1 is 1.29 bits per heavy atom. The molecule has 0 saturated carbocycles. The van der Waals surface area contributed by atoms with Crippen molar-refractivity contribution in [3.05, 3.63) is 35.9 Å². The molecule has 0 aliphatic carbocycles. The van der Waals surface area contributed by atoms with Gasteiger partial charge in [0, 0.05) is 19.5 Å². The van der Waals surface area contributed by atoms with Crippen LogP contribution in [0.15, 0.2) is 30.3 Å². The van der Waals surface area contributed by atoms with E-state index < -0.39 is 11.4 Å². The lowest BCUT2D eigenvalue weighted by molar-refractivity contribution is -0.147. The molecule has 1 fully saturated rings. The summed E-state index contributed by atoms with van der Waals surface area (Å²) in [5.41, 5.74) is 0.0751. The van der Waals surface area contributed by atoms with E-state index in [1.54, 1.807) is 11.8 Å². The molecule has 1 saturated heterocycles. The number of carboxylic acids is 1. The van der Waals surface area contributed by atoms with Crippen molar-refractivity contribution in [1.29, 1.82) is 0 Å². The smallest absolute Gasteiger partial charge is 0.311 e. The zero-order chi connectivity index (χ0) is 15.7. The second kappa shape index (κ2) is 5.51. The molecule has 21 heavy (non-hydrogen) atoms. The first-order valence-corrected chi connectivity index (χ1v) is 7.31. The minimum absolute atomic E-state index is 0.0360. The molecule has 0 radical (unpaired) electrons. The molecule has 1 aliphatic heterocycles. The summed E-state index contributed by atoms with van der Waals surface area (Å²) < 4.78 is 0. The molecule has 2 rings (SSSR count). The van der Waals surface area contributed by atoms with Crippen LogP contribution in [0.4, 0.5) is 0 Å². The van der Waals surface area contributed by atoms with Gasteiger partial charge in [0.2, 0.25) is 5.91 Å². The van der Waals surface area contributed by atoms with E-state index in [-0.39, 0.29) is 11.3 Å². The fourth-order valence-electron chi connectivity index (χ4n) is 2.83. The molecule has 4 heteroatoms. The van der Waals surface area contributed by atoms with E-state index in [2.05, 4.69) is 0 Å². The van der Waals surface area contributed by atoms with Crippen LogP contribution < -0.4 is 0 Å². The predicted octanol–water partition coefficient (Wildman–Crippen LogP) is 2.68. The first kappa shape index (κ1) is 15.5. The molecule has 0 aromatic heterocycles. The van der Waals surface area contributed by atoms with Crippen LogP contribution in [0.25, 0.3) is 0 Å². The number of nitrogens with zero attached hydrogens (tertiary/aromatic N) is 1.